The molecule has 0 radical (unpaired) electrons. The van der Waals surface area contributed by atoms with E-state index in [9.17, 15) is 9.90 Å². The van der Waals surface area contributed by atoms with Gasteiger partial charge in [-0.2, -0.15) is 0 Å². The van der Waals surface area contributed by atoms with Gasteiger partial charge in [0.15, 0.2) is 5.60 Å². The predicted octanol–water partition coefficient (Wildman–Crippen LogP) is 6.40. The van der Waals surface area contributed by atoms with E-state index < -0.39 is 5.60 Å². The molecule has 1 aliphatic rings. The predicted molar refractivity (Wildman–Crippen MR) is 148 cm³/mol. The molecule has 1 saturated carbocycles. The number of hydrogen-bond acceptors (Lipinski definition) is 3. The van der Waals surface area contributed by atoms with E-state index in [2.05, 4.69) is 4.98 Å². The van der Waals surface area contributed by atoms with Crippen LogP contribution in [0.1, 0.15) is 29.7 Å². The molecule has 1 aliphatic carbocycles. The Morgan fingerprint density at radius 1 is 0.973 bits per heavy atom. The Balaban J connectivity index is 1.65. The fourth-order valence-corrected chi connectivity index (χ4v) is 5.43. The molecule has 0 amide bonds. The zero-order valence-corrected chi connectivity index (χ0v) is 21.7. The highest BCUT2D eigenvalue weighted by Gasteiger charge is 2.37. The SMILES string of the molecule is Cn1cncc1C(O)(c1ccc(Cl)cc1)c1ccc2c(c1)c(-c1cccc(Cl)c1)cc(=O)n2CC1CC1. The second-order valence-electron chi connectivity index (χ2n) is 9.80. The average molecular weight is 530 g/mol. The molecule has 5 nitrogen and oxygen atoms in total. The molecule has 3 aromatic carbocycles. The van der Waals surface area contributed by atoms with Crippen molar-refractivity contribution in [2.45, 2.75) is 25.0 Å². The van der Waals surface area contributed by atoms with Gasteiger partial charge in [0.25, 0.3) is 5.56 Å². The Hall–Kier alpha value is -3.38. The Morgan fingerprint density at radius 3 is 2.41 bits per heavy atom. The van der Waals surface area contributed by atoms with Crippen molar-refractivity contribution in [1.29, 1.82) is 0 Å². The second kappa shape index (κ2) is 9.18. The number of fused-ring (bicyclic) bond motifs is 1. The molecule has 1 unspecified atom stereocenters. The van der Waals surface area contributed by atoms with E-state index in [1.807, 2.05) is 70.8 Å². The highest BCUT2D eigenvalue weighted by Crippen LogP contribution is 2.40. The molecule has 2 aromatic heterocycles. The summed E-state index contributed by atoms with van der Waals surface area (Å²) in [6.45, 7) is 0.688. The van der Waals surface area contributed by atoms with Crippen molar-refractivity contribution < 1.29 is 5.11 Å². The van der Waals surface area contributed by atoms with Crippen LogP contribution in [0.15, 0.2) is 90.1 Å². The van der Waals surface area contributed by atoms with E-state index in [1.165, 1.54) is 0 Å². The molecule has 6 rings (SSSR count). The number of pyridine rings is 1. The number of aliphatic hydroxyl groups is 1. The smallest absolute Gasteiger partial charge is 0.251 e. The van der Waals surface area contributed by atoms with Crippen LogP contribution in [0, 0.1) is 5.92 Å². The van der Waals surface area contributed by atoms with E-state index >= 15 is 0 Å². The normalized spacial score (nSPS) is 15.1. The number of nitrogens with zero attached hydrogens (tertiary/aromatic N) is 3. The van der Waals surface area contributed by atoms with Crippen LogP contribution in [0.2, 0.25) is 10.0 Å². The molecule has 1 atom stereocenters. The van der Waals surface area contributed by atoms with E-state index in [4.69, 9.17) is 23.2 Å². The van der Waals surface area contributed by atoms with Gasteiger partial charge >= 0.3 is 0 Å². The quantitative estimate of drug-likeness (QED) is 0.276. The average Bonchev–Trinajstić information content (AvgIpc) is 3.62. The van der Waals surface area contributed by atoms with Gasteiger partial charge in [0.2, 0.25) is 0 Å². The lowest BCUT2D eigenvalue weighted by Gasteiger charge is -2.30. The van der Waals surface area contributed by atoms with Crippen molar-refractivity contribution in [2.24, 2.45) is 13.0 Å². The maximum atomic E-state index is 13.3. The van der Waals surface area contributed by atoms with Crippen LogP contribution in [0.25, 0.3) is 22.0 Å². The molecule has 0 spiro atoms. The maximum absolute atomic E-state index is 13.3. The molecule has 186 valence electrons. The number of benzene rings is 3. The van der Waals surface area contributed by atoms with E-state index in [0.29, 0.717) is 39.3 Å². The van der Waals surface area contributed by atoms with Crippen LogP contribution in [-0.4, -0.2) is 19.2 Å². The van der Waals surface area contributed by atoms with Crippen LogP contribution in [0.5, 0.6) is 0 Å². The first-order valence-electron chi connectivity index (χ1n) is 12.2. The van der Waals surface area contributed by atoms with E-state index in [1.54, 1.807) is 30.7 Å². The summed E-state index contributed by atoms with van der Waals surface area (Å²) < 4.78 is 3.67. The first-order valence-corrected chi connectivity index (χ1v) is 13.0. The molecule has 5 aromatic rings. The first-order chi connectivity index (χ1) is 17.8. The summed E-state index contributed by atoms with van der Waals surface area (Å²) in [5, 5.41) is 14.5. The highest BCUT2D eigenvalue weighted by atomic mass is 35.5. The molecule has 7 heteroatoms. The largest absolute Gasteiger partial charge is 0.374 e. The van der Waals surface area contributed by atoms with Crippen LogP contribution >= 0.6 is 23.2 Å². The number of rotatable bonds is 6. The third kappa shape index (κ3) is 4.27. The van der Waals surface area contributed by atoms with Gasteiger partial charge in [-0.15, -0.1) is 0 Å². The Bertz CT molecular complexity index is 1690. The summed E-state index contributed by atoms with van der Waals surface area (Å²) >= 11 is 12.5. The molecule has 1 N–H and O–H groups in total. The number of halogens is 2. The van der Waals surface area contributed by atoms with Crippen molar-refractivity contribution in [1.82, 2.24) is 14.1 Å². The number of aromatic nitrogens is 3. The van der Waals surface area contributed by atoms with Crippen LogP contribution in [-0.2, 0) is 19.2 Å². The summed E-state index contributed by atoms with van der Waals surface area (Å²) in [5.74, 6) is 0.526. The maximum Gasteiger partial charge on any atom is 0.251 e. The Morgan fingerprint density at radius 2 is 1.73 bits per heavy atom. The van der Waals surface area contributed by atoms with E-state index in [-0.39, 0.29) is 5.56 Å². The minimum Gasteiger partial charge on any atom is -0.374 e. The summed E-state index contributed by atoms with van der Waals surface area (Å²) in [4.78, 5) is 17.6. The Kier molecular flexibility index (Phi) is 5.95. The summed E-state index contributed by atoms with van der Waals surface area (Å²) in [7, 11) is 1.86. The van der Waals surface area contributed by atoms with Crippen molar-refractivity contribution in [2.75, 3.05) is 0 Å². The topological polar surface area (TPSA) is 60.0 Å². The molecule has 1 fully saturated rings. The standard InChI is InChI=1S/C30H25Cl2N3O2/c1-34-18-33-16-28(34)30(37,21-7-10-23(31)11-8-21)22-9-12-27-26(14-22)25(20-3-2-4-24(32)13-20)15-29(36)35(27)17-19-5-6-19/h2-4,7-16,18-19,37H,5-6,17H2,1H3. The van der Waals surface area contributed by atoms with Gasteiger partial charge in [-0.1, -0.05) is 53.5 Å². The van der Waals surface area contributed by atoms with Gasteiger partial charge in [-0.05, 0) is 77.4 Å². The van der Waals surface area contributed by atoms with Gasteiger partial charge in [0, 0.05) is 35.1 Å². The summed E-state index contributed by atoms with van der Waals surface area (Å²) in [6.07, 6.45) is 5.62. The molecular weight excluding hydrogens is 505 g/mol. The van der Waals surface area contributed by atoms with Crippen molar-refractivity contribution in [3.8, 4) is 11.1 Å². The lowest BCUT2D eigenvalue weighted by Crippen LogP contribution is -2.31. The van der Waals surface area contributed by atoms with Gasteiger partial charge in [-0.3, -0.25) is 4.79 Å². The number of aryl methyl sites for hydroxylation is 1. The van der Waals surface area contributed by atoms with Crippen LogP contribution in [0.3, 0.4) is 0 Å². The monoisotopic (exact) mass is 529 g/mol. The van der Waals surface area contributed by atoms with Crippen molar-refractivity contribution >= 4 is 34.1 Å². The van der Waals surface area contributed by atoms with Gasteiger partial charge < -0.3 is 14.2 Å². The van der Waals surface area contributed by atoms with Gasteiger partial charge in [-0.25, -0.2) is 4.98 Å². The lowest BCUT2D eigenvalue weighted by molar-refractivity contribution is 0.117. The van der Waals surface area contributed by atoms with E-state index in [0.717, 1.165) is 34.9 Å². The number of hydrogen-bond donors (Lipinski definition) is 1. The molecule has 0 bridgehead atoms. The fraction of sp³-hybridized carbons (Fsp3) is 0.200. The third-order valence-corrected chi connectivity index (χ3v) is 7.74. The van der Waals surface area contributed by atoms with Gasteiger partial charge in [0.1, 0.15) is 0 Å². The lowest BCUT2D eigenvalue weighted by atomic mass is 9.82. The zero-order chi connectivity index (χ0) is 25.7. The number of imidazole rings is 1. The molecule has 37 heavy (non-hydrogen) atoms. The first kappa shape index (κ1) is 24.0. The second-order valence-corrected chi connectivity index (χ2v) is 10.7. The highest BCUT2D eigenvalue weighted by molar-refractivity contribution is 6.31. The van der Waals surface area contributed by atoms with Gasteiger partial charge in [0.05, 0.1) is 23.7 Å². The molecule has 0 saturated heterocycles. The Labute approximate surface area is 224 Å². The minimum absolute atomic E-state index is 0.0401. The minimum atomic E-state index is -1.51. The van der Waals surface area contributed by atoms with Crippen molar-refractivity contribution in [3.63, 3.8) is 0 Å². The molecule has 0 aliphatic heterocycles. The third-order valence-electron chi connectivity index (χ3n) is 7.25. The summed E-state index contributed by atoms with van der Waals surface area (Å²) in [6, 6.07) is 22.2. The van der Waals surface area contributed by atoms with Crippen LogP contribution in [0.4, 0.5) is 0 Å². The van der Waals surface area contributed by atoms with Crippen molar-refractivity contribution in [3.05, 3.63) is 123 Å². The fourth-order valence-electron chi connectivity index (χ4n) is 5.11. The van der Waals surface area contributed by atoms with Crippen LogP contribution < -0.4 is 5.56 Å². The summed E-state index contributed by atoms with van der Waals surface area (Å²) in [5.41, 5.74) is 2.85. The molecular formula is C30H25Cl2N3O2. The zero-order valence-electron chi connectivity index (χ0n) is 20.2. The molecule has 2 heterocycles.